The van der Waals surface area contributed by atoms with Crippen LogP contribution in [0.15, 0.2) is 79.0 Å². The monoisotopic (exact) mass is 732 g/mol. The first-order valence-corrected chi connectivity index (χ1v) is 18.1. The summed E-state index contributed by atoms with van der Waals surface area (Å²) in [6.07, 6.45) is 1.49. The average Bonchev–Trinajstić information content (AvgIpc) is 3.09. The molecule has 53 heavy (non-hydrogen) atoms. The van der Waals surface area contributed by atoms with Crippen molar-refractivity contribution < 1.29 is 29.0 Å². The molecule has 0 aliphatic heterocycles. The molecule has 4 atom stereocenters. The maximum absolute atomic E-state index is 12.9. The van der Waals surface area contributed by atoms with Gasteiger partial charge in [-0.05, 0) is 53.9 Å². The molecule has 0 bridgehead atoms. The Balaban J connectivity index is 0.000000367. The van der Waals surface area contributed by atoms with E-state index in [0.29, 0.717) is 19.4 Å². The molecule has 0 aliphatic rings. The van der Waals surface area contributed by atoms with Crippen LogP contribution in [0.1, 0.15) is 79.9 Å². The van der Waals surface area contributed by atoms with Gasteiger partial charge in [0.25, 0.3) is 5.91 Å². The number of aromatic nitrogens is 1. The van der Waals surface area contributed by atoms with Crippen LogP contribution in [-0.4, -0.2) is 76.8 Å². The van der Waals surface area contributed by atoms with Crippen LogP contribution in [0.5, 0.6) is 0 Å². The van der Waals surface area contributed by atoms with Crippen molar-refractivity contribution in [2.75, 3.05) is 13.7 Å². The highest BCUT2D eigenvalue weighted by Crippen LogP contribution is 2.22. The largest absolute Gasteiger partial charge is 0.450 e. The van der Waals surface area contributed by atoms with Gasteiger partial charge in [0.2, 0.25) is 11.8 Å². The van der Waals surface area contributed by atoms with E-state index in [-0.39, 0.29) is 29.7 Å². The molecule has 0 radical (unpaired) electrons. The van der Waals surface area contributed by atoms with Crippen LogP contribution < -0.4 is 21.4 Å². The number of hydrogen-bond donors (Lipinski definition) is 5. The lowest BCUT2D eigenvalue weighted by Crippen LogP contribution is -2.57. The number of carbonyl (C=O) groups excluding carboxylic acids is 4. The predicted molar refractivity (Wildman–Crippen MR) is 208 cm³/mol. The number of alkyl carbamates (subject to hydrolysis) is 1. The second kappa shape index (κ2) is 21.0. The fourth-order valence-electron chi connectivity index (χ4n) is 5.43. The number of aliphatic hydroxyl groups excluding tert-OH is 1. The van der Waals surface area contributed by atoms with E-state index in [1.165, 1.54) is 6.92 Å². The normalized spacial score (nSPS) is 13.7. The van der Waals surface area contributed by atoms with Crippen molar-refractivity contribution in [3.05, 3.63) is 90.1 Å². The Morgan fingerprint density at radius 1 is 0.774 bits per heavy atom. The van der Waals surface area contributed by atoms with Crippen molar-refractivity contribution in [1.82, 2.24) is 31.4 Å². The third-order valence-electron chi connectivity index (χ3n) is 8.29. The van der Waals surface area contributed by atoms with Crippen LogP contribution in [0.25, 0.3) is 11.3 Å². The summed E-state index contributed by atoms with van der Waals surface area (Å²) < 4.78 is 4.91. The van der Waals surface area contributed by atoms with Gasteiger partial charge in [0, 0.05) is 32.3 Å². The second-order valence-electron chi connectivity index (χ2n) is 15.2. The van der Waals surface area contributed by atoms with Crippen LogP contribution in [0.3, 0.4) is 0 Å². The van der Waals surface area contributed by atoms with E-state index >= 15 is 0 Å². The van der Waals surface area contributed by atoms with Gasteiger partial charge in [-0.1, -0.05) is 109 Å². The van der Waals surface area contributed by atoms with Gasteiger partial charge in [0.1, 0.15) is 12.1 Å². The van der Waals surface area contributed by atoms with Gasteiger partial charge in [-0.2, -0.15) is 0 Å². The Labute approximate surface area is 315 Å². The molecule has 12 nitrogen and oxygen atoms in total. The molecule has 1 heterocycles. The number of hydrazine groups is 1. The molecule has 4 amide bonds. The summed E-state index contributed by atoms with van der Waals surface area (Å²) in [6.45, 7) is 17.1. The highest BCUT2D eigenvalue weighted by atomic mass is 16.5. The summed E-state index contributed by atoms with van der Waals surface area (Å²) in [6, 6.07) is 21.7. The molecule has 1 aromatic heterocycles. The van der Waals surface area contributed by atoms with E-state index in [1.54, 1.807) is 25.2 Å². The minimum atomic E-state index is -0.774. The van der Waals surface area contributed by atoms with Gasteiger partial charge in [0.05, 0.1) is 24.4 Å². The third kappa shape index (κ3) is 15.8. The Bertz CT molecular complexity index is 1570. The number of aliphatic hydroxyl groups is 1. The van der Waals surface area contributed by atoms with Crippen molar-refractivity contribution in [1.29, 1.82) is 0 Å². The van der Waals surface area contributed by atoms with Crippen molar-refractivity contribution in [2.24, 2.45) is 10.8 Å². The second-order valence-corrected chi connectivity index (χ2v) is 15.2. The van der Waals surface area contributed by atoms with Gasteiger partial charge in [-0.25, -0.2) is 9.80 Å². The average molecular weight is 733 g/mol. The van der Waals surface area contributed by atoms with Crippen molar-refractivity contribution in [3.8, 4) is 11.3 Å². The molecular formula is C41H60N6O6. The molecule has 0 spiro atoms. The molecule has 3 aromatic rings. The number of nitrogens with zero attached hydrogens (tertiary/aromatic N) is 2. The molecule has 0 saturated carbocycles. The quantitative estimate of drug-likeness (QED) is 0.138. The number of nitrogens with one attached hydrogen (secondary N) is 4. The maximum atomic E-state index is 12.9. The standard InChI is InChI=1S/C21H28N4O2.C20H32N2O4/c1-15(26)23-19(21(2,3)4)20(27)24-25(5)14-16-9-11-17(12-10-16)18-8-6-7-13-22-18;1-6-16(23)15(13-14-11-9-8-10-12-14)21-18(24)17(20(3,4)5)22-19(25)26-7-2/h6-13,19H,14H2,1-5H3,(H,23,26)(H,24,27);8-12,15-17,23H,6-7,13H2,1-5H3,(H,21,24)(H,22,25). The highest BCUT2D eigenvalue weighted by molar-refractivity contribution is 5.87. The summed E-state index contributed by atoms with van der Waals surface area (Å²) in [5, 5.41) is 20.3. The van der Waals surface area contributed by atoms with Crippen LogP contribution >= 0.6 is 0 Å². The van der Waals surface area contributed by atoms with Crippen LogP contribution in [-0.2, 0) is 32.1 Å². The number of carbonyl (C=O) groups is 4. The van der Waals surface area contributed by atoms with E-state index < -0.39 is 35.7 Å². The fourth-order valence-corrected chi connectivity index (χ4v) is 5.43. The number of hydrogen-bond acceptors (Lipinski definition) is 8. The molecule has 2 aromatic carbocycles. The SMILES string of the molecule is CC(=O)NC(C(=O)NN(C)Cc1ccc(-c2ccccn2)cc1)C(C)(C)C.CCOC(=O)NC(C(=O)NC(Cc1ccccc1)C(O)CC)C(C)(C)C. The Hall–Kier alpha value is -4.81. The van der Waals surface area contributed by atoms with Gasteiger partial charge in [-0.3, -0.25) is 24.8 Å². The minimum Gasteiger partial charge on any atom is -0.450 e. The molecule has 12 heteroatoms. The summed E-state index contributed by atoms with van der Waals surface area (Å²) in [4.78, 5) is 53.0. The van der Waals surface area contributed by atoms with E-state index in [4.69, 9.17) is 4.74 Å². The topological polar surface area (TPSA) is 162 Å². The molecule has 5 N–H and O–H groups in total. The zero-order chi connectivity index (χ0) is 39.8. The van der Waals surface area contributed by atoms with E-state index in [1.807, 2.05) is 121 Å². The highest BCUT2D eigenvalue weighted by Gasteiger charge is 2.35. The van der Waals surface area contributed by atoms with E-state index in [0.717, 1.165) is 22.4 Å². The predicted octanol–water partition coefficient (Wildman–Crippen LogP) is 5.41. The zero-order valence-electron chi connectivity index (χ0n) is 33.0. The first kappa shape index (κ1) is 44.4. The summed E-state index contributed by atoms with van der Waals surface area (Å²) in [7, 11) is 1.80. The third-order valence-corrected chi connectivity index (χ3v) is 8.29. The Morgan fingerprint density at radius 3 is 1.87 bits per heavy atom. The molecule has 0 saturated heterocycles. The van der Waals surface area contributed by atoms with Gasteiger partial charge >= 0.3 is 6.09 Å². The van der Waals surface area contributed by atoms with E-state index in [2.05, 4.69) is 26.4 Å². The fraction of sp³-hybridized carbons (Fsp3) is 0.488. The zero-order valence-corrected chi connectivity index (χ0v) is 33.0. The lowest BCUT2D eigenvalue weighted by Gasteiger charge is -2.32. The van der Waals surface area contributed by atoms with Gasteiger partial charge < -0.3 is 25.8 Å². The molecule has 3 rings (SSSR count). The Morgan fingerprint density at radius 2 is 1.36 bits per heavy atom. The molecule has 0 aliphatic carbocycles. The van der Waals surface area contributed by atoms with Gasteiger partial charge in [-0.15, -0.1) is 0 Å². The first-order valence-electron chi connectivity index (χ1n) is 18.1. The lowest BCUT2D eigenvalue weighted by atomic mass is 9.85. The summed E-state index contributed by atoms with van der Waals surface area (Å²) in [5.41, 5.74) is 6.01. The number of benzene rings is 2. The van der Waals surface area contributed by atoms with Gasteiger partial charge in [0.15, 0.2) is 0 Å². The first-order chi connectivity index (χ1) is 24.8. The molecule has 290 valence electrons. The van der Waals surface area contributed by atoms with Crippen LogP contribution in [0.2, 0.25) is 0 Å². The van der Waals surface area contributed by atoms with Crippen molar-refractivity contribution >= 4 is 23.8 Å². The van der Waals surface area contributed by atoms with Crippen LogP contribution in [0.4, 0.5) is 4.79 Å². The summed E-state index contributed by atoms with van der Waals surface area (Å²) >= 11 is 0. The minimum absolute atomic E-state index is 0.224. The summed E-state index contributed by atoms with van der Waals surface area (Å²) in [5.74, 6) is -0.790. The number of rotatable bonds is 14. The van der Waals surface area contributed by atoms with E-state index in [9.17, 15) is 24.3 Å². The molecular weight excluding hydrogens is 672 g/mol. The van der Waals surface area contributed by atoms with Crippen LogP contribution in [0, 0.1) is 10.8 Å². The molecule has 0 fully saturated rings. The number of ether oxygens (including phenoxy) is 1. The molecule has 4 unspecified atom stereocenters. The lowest BCUT2D eigenvalue weighted by molar-refractivity contribution is -0.134. The number of pyridine rings is 1. The number of amides is 4. The Kier molecular flexibility index (Phi) is 17.6. The maximum Gasteiger partial charge on any atom is 0.407 e. The van der Waals surface area contributed by atoms with Crippen molar-refractivity contribution in [2.45, 2.75) is 106 Å². The van der Waals surface area contributed by atoms with Crippen molar-refractivity contribution in [3.63, 3.8) is 0 Å². The smallest absolute Gasteiger partial charge is 0.407 e.